The van der Waals surface area contributed by atoms with Gasteiger partial charge in [0.25, 0.3) is 5.91 Å². The molecule has 0 aliphatic heterocycles. The molecule has 0 fully saturated rings. The number of hydrogen-bond acceptors (Lipinski definition) is 4. The summed E-state index contributed by atoms with van der Waals surface area (Å²) >= 11 is 0. The number of hydrogen-bond donors (Lipinski definition) is 1. The van der Waals surface area contributed by atoms with Crippen molar-refractivity contribution in [3.8, 4) is 17.1 Å². The van der Waals surface area contributed by atoms with Gasteiger partial charge in [0.15, 0.2) is 5.76 Å². The summed E-state index contributed by atoms with van der Waals surface area (Å²) in [7, 11) is 0. The second-order valence-electron chi connectivity index (χ2n) is 7.18. The first-order valence-corrected chi connectivity index (χ1v) is 10.3. The van der Waals surface area contributed by atoms with Crippen LogP contribution in [-0.4, -0.2) is 46.3 Å². The Morgan fingerprint density at radius 1 is 1.17 bits per heavy atom. The quantitative estimate of drug-likeness (QED) is 0.554. The summed E-state index contributed by atoms with van der Waals surface area (Å²) in [5.41, 5.74) is 1.97. The highest BCUT2D eigenvalue weighted by atomic mass is 16.3. The molecule has 3 aromatic rings. The fraction of sp³-hybridized carbons (Fsp3) is 0.391. The molecular weight excluding hydrogens is 364 g/mol. The van der Waals surface area contributed by atoms with Crippen molar-refractivity contribution in [3.63, 3.8) is 0 Å². The summed E-state index contributed by atoms with van der Waals surface area (Å²) in [5.74, 6) is 0.510. The number of nitrogens with one attached hydrogen (secondary N) is 1. The van der Waals surface area contributed by atoms with Gasteiger partial charge in [0.1, 0.15) is 11.4 Å². The first kappa shape index (κ1) is 20.9. The third-order valence-electron chi connectivity index (χ3n) is 5.10. The van der Waals surface area contributed by atoms with Gasteiger partial charge < -0.3 is 14.6 Å². The zero-order chi connectivity index (χ0) is 20.6. The van der Waals surface area contributed by atoms with Crippen LogP contribution >= 0.6 is 0 Å². The molecule has 0 saturated heterocycles. The Morgan fingerprint density at radius 2 is 1.93 bits per heavy atom. The summed E-state index contributed by atoms with van der Waals surface area (Å²) in [4.78, 5) is 15.4. The van der Waals surface area contributed by atoms with E-state index < -0.39 is 0 Å². The number of carbonyl (C=O) groups excluding carboxylic acids is 1. The Balaban J connectivity index is 1.73. The van der Waals surface area contributed by atoms with Gasteiger partial charge in [-0.2, -0.15) is 5.10 Å². The summed E-state index contributed by atoms with van der Waals surface area (Å²) < 4.78 is 7.15. The molecule has 6 heteroatoms. The fourth-order valence-corrected chi connectivity index (χ4v) is 3.38. The molecule has 3 rings (SSSR count). The summed E-state index contributed by atoms with van der Waals surface area (Å²) in [5, 5.41) is 7.74. The van der Waals surface area contributed by atoms with Gasteiger partial charge in [0.2, 0.25) is 0 Å². The van der Waals surface area contributed by atoms with E-state index in [1.165, 1.54) is 0 Å². The van der Waals surface area contributed by atoms with Crippen LogP contribution in [0, 0.1) is 0 Å². The average Bonchev–Trinajstić information content (AvgIpc) is 3.41. The van der Waals surface area contributed by atoms with Crippen LogP contribution in [0.1, 0.15) is 44.1 Å². The number of carbonyl (C=O) groups is 1. The van der Waals surface area contributed by atoms with Crippen molar-refractivity contribution in [3.05, 3.63) is 60.5 Å². The Labute approximate surface area is 172 Å². The maximum absolute atomic E-state index is 13.0. The van der Waals surface area contributed by atoms with E-state index in [2.05, 4.69) is 36.1 Å². The first-order valence-electron chi connectivity index (χ1n) is 10.3. The van der Waals surface area contributed by atoms with Gasteiger partial charge in [-0.1, -0.05) is 32.0 Å². The largest absolute Gasteiger partial charge is 0.463 e. The Hall–Kier alpha value is -2.86. The van der Waals surface area contributed by atoms with Crippen LogP contribution in [0.25, 0.3) is 17.1 Å². The van der Waals surface area contributed by atoms with E-state index in [0.717, 1.165) is 38.2 Å². The number of aromatic nitrogens is 2. The highest BCUT2D eigenvalue weighted by Gasteiger charge is 2.20. The Bertz CT molecular complexity index is 883. The molecule has 29 heavy (non-hydrogen) atoms. The van der Waals surface area contributed by atoms with E-state index >= 15 is 0 Å². The molecule has 0 aliphatic carbocycles. The molecule has 0 bridgehead atoms. The highest BCUT2D eigenvalue weighted by molar-refractivity contribution is 5.94. The Morgan fingerprint density at radius 3 is 2.59 bits per heavy atom. The third-order valence-corrected chi connectivity index (χ3v) is 5.10. The molecule has 1 amide bonds. The molecule has 0 radical (unpaired) electrons. The van der Waals surface area contributed by atoms with E-state index in [4.69, 9.17) is 4.42 Å². The maximum Gasteiger partial charge on any atom is 0.270 e. The monoisotopic (exact) mass is 394 g/mol. The molecule has 0 aliphatic rings. The van der Waals surface area contributed by atoms with E-state index in [1.807, 2.05) is 42.5 Å². The lowest BCUT2D eigenvalue weighted by atomic mass is 10.1. The molecule has 1 N–H and O–H groups in total. The third kappa shape index (κ3) is 5.35. The number of para-hydroxylation sites is 1. The smallest absolute Gasteiger partial charge is 0.270 e. The topological polar surface area (TPSA) is 63.3 Å². The van der Waals surface area contributed by atoms with Crippen molar-refractivity contribution in [2.45, 2.75) is 39.7 Å². The average molecular weight is 395 g/mol. The van der Waals surface area contributed by atoms with Gasteiger partial charge in [-0.05, 0) is 63.7 Å². The molecule has 0 spiro atoms. The fourth-order valence-electron chi connectivity index (χ4n) is 3.38. The standard InChI is InChI=1S/C23H30N4O2/c1-4-26(5-2)15-9-11-18(3)24-23(28)21-17-20(22-14-10-16-29-22)25-27(21)19-12-7-6-8-13-19/h6-8,10,12-14,16-18H,4-5,9,11,15H2,1-3H3,(H,24,28). The van der Waals surface area contributed by atoms with Crippen molar-refractivity contribution in [2.24, 2.45) is 0 Å². The molecule has 1 unspecified atom stereocenters. The van der Waals surface area contributed by atoms with E-state index in [9.17, 15) is 4.79 Å². The second-order valence-corrected chi connectivity index (χ2v) is 7.18. The number of amides is 1. The highest BCUT2D eigenvalue weighted by Crippen LogP contribution is 2.22. The summed E-state index contributed by atoms with van der Waals surface area (Å²) in [6.07, 6.45) is 3.60. The predicted molar refractivity (Wildman–Crippen MR) is 115 cm³/mol. The lowest BCUT2D eigenvalue weighted by Gasteiger charge is -2.20. The van der Waals surface area contributed by atoms with E-state index in [1.54, 1.807) is 17.0 Å². The van der Waals surface area contributed by atoms with Gasteiger partial charge in [-0.15, -0.1) is 0 Å². The lowest BCUT2D eigenvalue weighted by Crippen LogP contribution is -2.34. The number of rotatable bonds is 10. The van der Waals surface area contributed by atoms with E-state index in [-0.39, 0.29) is 11.9 Å². The van der Waals surface area contributed by atoms with Crippen molar-refractivity contribution >= 4 is 5.91 Å². The predicted octanol–water partition coefficient (Wildman–Crippen LogP) is 4.37. The normalized spacial score (nSPS) is 12.3. The molecule has 1 aromatic carbocycles. The molecule has 2 heterocycles. The van der Waals surface area contributed by atoms with Crippen molar-refractivity contribution in [2.75, 3.05) is 19.6 Å². The van der Waals surface area contributed by atoms with E-state index in [0.29, 0.717) is 17.1 Å². The number of furan rings is 1. The molecule has 1 atom stereocenters. The molecule has 2 aromatic heterocycles. The zero-order valence-electron chi connectivity index (χ0n) is 17.5. The van der Waals surface area contributed by atoms with Crippen LogP contribution in [0.4, 0.5) is 0 Å². The van der Waals surface area contributed by atoms with Gasteiger partial charge in [0, 0.05) is 12.1 Å². The van der Waals surface area contributed by atoms with Gasteiger partial charge >= 0.3 is 0 Å². The second kappa shape index (κ2) is 10.1. The first-order chi connectivity index (χ1) is 14.1. The maximum atomic E-state index is 13.0. The van der Waals surface area contributed by atoms with Gasteiger partial charge in [-0.3, -0.25) is 4.79 Å². The summed E-state index contributed by atoms with van der Waals surface area (Å²) in [6.45, 7) is 9.58. The van der Waals surface area contributed by atoms with Crippen LogP contribution in [-0.2, 0) is 0 Å². The Kier molecular flexibility index (Phi) is 7.25. The SMILES string of the molecule is CCN(CC)CCCC(C)NC(=O)c1cc(-c2ccco2)nn1-c1ccccc1. The summed E-state index contributed by atoms with van der Waals surface area (Å²) in [6, 6.07) is 15.2. The number of benzene rings is 1. The van der Waals surface area contributed by atoms with Crippen LogP contribution in [0.5, 0.6) is 0 Å². The lowest BCUT2D eigenvalue weighted by molar-refractivity contribution is 0.0929. The molecular formula is C23H30N4O2. The minimum atomic E-state index is -0.130. The van der Waals surface area contributed by atoms with Crippen molar-refractivity contribution < 1.29 is 9.21 Å². The molecule has 154 valence electrons. The minimum absolute atomic E-state index is 0.0873. The molecule has 0 saturated carbocycles. The zero-order valence-corrected chi connectivity index (χ0v) is 17.5. The van der Waals surface area contributed by atoms with Crippen LogP contribution in [0.15, 0.2) is 59.2 Å². The number of nitrogens with zero attached hydrogens (tertiary/aromatic N) is 3. The van der Waals surface area contributed by atoms with Crippen LogP contribution in [0.3, 0.4) is 0 Å². The van der Waals surface area contributed by atoms with Crippen molar-refractivity contribution in [1.82, 2.24) is 20.0 Å². The minimum Gasteiger partial charge on any atom is -0.463 e. The van der Waals surface area contributed by atoms with Crippen LogP contribution in [0.2, 0.25) is 0 Å². The van der Waals surface area contributed by atoms with Crippen LogP contribution < -0.4 is 5.32 Å². The molecule has 6 nitrogen and oxygen atoms in total. The van der Waals surface area contributed by atoms with Crippen molar-refractivity contribution in [1.29, 1.82) is 0 Å². The van der Waals surface area contributed by atoms with Gasteiger partial charge in [0.05, 0.1) is 12.0 Å². The van der Waals surface area contributed by atoms with Gasteiger partial charge in [-0.25, -0.2) is 4.68 Å².